The van der Waals surface area contributed by atoms with Crippen LogP contribution in [0, 0.1) is 0 Å². The molecule has 0 bridgehead atoms. The van der Waals surface area contributed by atoms with Gasteiger partial charge in [0.1, 0.15) is 10.7 Å². The van der Waals surface area contributed by atoms with Crippen LogP contribution in [0.1, 0.15) is 21.6 Å². The number of hydrogen-bond donors (Lipinski definition) is 1. The molecule has 0 aliphatic heterocycles. The Hall–Kier alpha value is -2.28. The maximum absolute atomic E-state index is 12.2. The van der Waals surface area contributed by atoms with E-state index in [1.54, 1.807) is 35.0 Å². The van der Waals surface area contributed by atoms with Gasteiger partial charge in [-0.25, -0.2) is 0 Å². The molecule has 6 nitrogen and oxygen atoms in total. The number of thiocarbonyl (C=S) groups is 1. The molecule has 0 saturated heterocycles. The molecule has 0 fully saturated rings. The first-order chi connectivity index (χ1) is 9.47. The van der Waals surface area contributed by atoms with Gasteiger partial charge in [0, 0.05) is 44.2 Å². The van der Waals surface area contributed by atoms with E-state index in [0.29, 0.717) is 17.8 Å². The van der Waals surface area contributed by atoms with Gasteiger partial charge in [-0.15, -0.1) is 0 Å². The average Bonchev–Trinajstić information content (AvgIpc) is 2.83. The summed E-state index contributed by atoms with van der Waals surface area (Å²) in [6.45, 7) is 0.478. The Labute approximate surface area is 122 Å². The SMILES string of the molecule is CN(Cc1cnn(C)c1)C(=O)c1ccc(C(N)=S)cn1. The van der Waals surface area contributed by atoms with Gasteiger partial charge in [0.05, 0.1) is 6.20 Å². The molecule has 0 saturated carbocycles. The Morgan fingerprint density at radius 2 is 2.20 bits per heavy atom. The molecule has 20 heavy (non-hydrogen) atoms. The third-order valence-electron chi connectivity index (χ3n) is 2.79. The number of nitrogens with zero attached hydrogens (tertiary/aromatic N) is 4. The van der Waals surface area contributed by atoms with Crippen molar-refractivity contribution in [2.75, 3.05) is 7.05 Å². The molecular weight excluding hydrogens is 274 g/mol. The van der Waals surface area contributed by atoms with E-state index in [1.165, 1.54) is 6.20 Å². The van der Waals surface area contributed by atoms with Gasteiger partial charge in [0.15, 0.2) is 0 Å². The summed E-state index contributed by atoms with van der Waals surface area (Å²) in [5, 5.41) is 4.07. The van der Waals surface area contributed by atoms with Gasteiger partial charge in [-0.1, -0.05) is 12.2 Å². The Bertz CT molecular complexity index is 634. The zero-order valence-corrected chi connectivity index (χ0v) is 12.1. The van der Waals surface area contributed by atoms with E-state index in [9.17, 15) is 4.79 Å². The first-order valence-corrected chi connectivity index (χ1v) is 6.37. The largest absolute Gasteiger partial charge is 0.389 e. The molecule has 2 aromatic heterocycles. The van der Waals surface area contributed by atoms with E-state index < -0.39 is 0 Å². The van der Waals surface area contributed by atoms with Crippen LogP contribution in [-0.2, 0) is 13.6 Å². The number of pyridine rings is 1. The third-order valence-corrected chi connectivity index (χ3v) is 3.03. The summed E-state index contributed by atoms with van der Waals surface area (Å²) in [4.78, 5) is 18.1. The van der Waals surface area contributed by atoms with E-state index >= 15 is 0 Å². The van der Waals surface area contributed by atoms with Crippen LogP contribution in [0.4, 0.5) is 0 Å². The van der Waals surface area contributed by atoms with Crippen LogP contribution >= 0.6 is 12.2 Å². The van der Waals surface area contributed by atoms with E-state index in [1.807, 2.05) is 13.2 Å². The van der Waals surface area contributed by atoms with E-state index in [2.05, 4.69) is 10.1 Å². The summed E-state index contributed by atoms with van der Waals surface area (Å²) in [6.07, 6.45) is 5.10. The lowest BCUT2D eigenvalue weighted by Crippen LogP contribution is -2.27. The average molecular weight is 289 g/mol. The van der Waals surface area contributed by atoms with Crippen molar-refractivity contribution in [2.24, 2.45) is 12.8 Å². The van der Waals surface area contributed by atoms with E-state index in [0.717, 1.165) is 5.56 Å². The Morgan fingerprint density at radius 1 is 1.45 bits per heavy atom. The lowest BCUT2D eigenvalue weighted by molar-refractivity contribution is 0.0779. The van der Waals surface area contributed by atoms with E-state index in [-0.39, 0.29) is 10.9 Å². The molecule has 0 unspecified atom stereocenters. The smallest absolute Gasteiger partial charge is 0.272 e. The predicted molar refractivity (Wildman–Crippen MR) is 79.1 cm³/mol. The first kappa shape index (κ1) is 14.1. The quantitative estimate of drug-likeness (QED) is 0.839. The van der Waals surface area contributed by atoms with Crippen LogP contribution < -0.4 is 5.73 Å². The molecule has 0 aliphatic rings. The van der Waals surface area contributed by atoms with Crippen molar-refractivity contribution >= 4 is 23.1 Å². The fourth-order valence-electron chi connectivity index (χ4n) is 1.76. The fourth-order valence-corrected chi connectivity index (χ4v) is 1.88. The molecule has 7 heteroatoms. The van der Waals surface area contributed by atoms with Crippen LogP contribution in [0.3, 0.4) is 0 Å². The fraction of sp³-hybridized carbons (Fsp3) is 0.231. The van der Waals surface area contributed by atoms with Gasteiger partial charge in [-0.05, 0) is 12.1 Å². The minimum Gasteiger partial charge on any atom is -0.389 e. The highest BCUT2D eigenvalue weighted by molar-refractivity contribution is 7.80. The van der Waals surface area contributed by atoms with Gasteiger partial charge in [-0.3, -0.25) is 14.5 Å². The van der Waals surface area contributed by atoms with Crippen LogP contribution in [0.5, 0.6) is 0 Å². The van der Waals surface area contributed by atoms with Gasteiger partial charge in [0.2, 0.25) is 0 Å². The summed E-state index contributed by atoms with van der Waals surface area (Å²) in [7, 11) is 3.56. The van der Waals surface area contributed by atoms with Crippen molar-refractivity contribution in [1.82, 2.24) is 19.7 Å². The Balaban J connectivity index is 2.08. The number of carbonyl (C=O) groups excluding carboxylic acids is 1. The van der Waals surface area contributed by atoms with Gasteiger partial charge >= 0.3 is 0 Å². The normalized spacial score (nSPS) is 10.3. The molecule has 1 amide bonds. The molecule has 2 rings (SSSR count). The summed E-state index contributed by atoms with van der Waals surface area (Å²) >= 11 is 4.84. The second kappa shape index (κ2) is 5.79. The van der Waals surface area contributed by atoms with Crippen molar-refractivity contribution in [1.29, 1.82) is 0 Å². The maximum Gasteiger partial charge on any atom is 0.272 e. The van der Waals surface area contributed by atoms with Crippen molar-refractivity contribution in [3.05, 3.63) is 47.5 Å². The summed E-state index contributed by atoms with van der Waals surface area (Å²) < 4.78 is 1.70. The van der Waals surface area contributed by atoms with Crippen molar-refractivity contribution in [2.45, 2.75) is 6.54 Å². The monoisotopic (exact) mass is 289 g/mol. The zero-order chi connectivity index (χ0) is 14.7. The number of aromatic nitrogens is 3. The highest BCUT2D eigenvalue weighted by atomic mass is 32.1. The predicted octanol–water partition coefficient (Wildman–Crippen LogP) is 0.722. The second-order valence-corrected chi connectivity index (χ2v) is 4.92. The molecule has 0 atom stereocenters. The molecule has 104 valence electrons. The number of hydrogen-bond acceptors (Lipinski definition) is 4. The van der Waals surface area contributed by atoms with Crippen LogP contribution in [-0.4, -0.2) is 37.6 Å². The number of rotatable bonds is 4. The Morgan fingerprint density at radius 3 is 2.70 bits per heavy atom. The van der Waals surface area contributed by atoms with Crippen molar-refractivity contribution in [3.63, 3.8) is 0 Å². The first-order valence-electron chi connectivity index (χ1n) is 5.96. The van der Waals surface area contributed by atoms with Crippen LogP contribution in [0.25, 0.3) is 0 Å². The summed E-state index contributed by atoms with van der Waals surface area (Å²) in [5.41, 5.74) is 7.45. The molecule has 0 spiro atoms. The number of amides is 1. The molecule has 2 heterocycles. The molecule has 2 aromatic rings. The maximum atomic E-state index is 12.2. The topological polar surface area (TPSA) is 77.0 Å². The molecule has 0 aliphatic carbocycles. The lowest BCUT2D eigenvalue weighted by atomic mass is 10.2. The number of carbonyl (C=O) groups is 1. The van der Waals surface area contributed by atoms with Gasteiger partial charge in [-0.2, -0.15) is 5.10 Å². The molecule has 0 aromatic carbocycles. The molecule has 2 N–H and O–H groups in total. The third kappa shape index (κ3) is 3.18. The minimum atomic E-state index is -0.164. The highest BCUT2D eigenvalue weighted by Crippen LogP contribution is 2.07. The van der Waals surface area contributed by atoms with Crippen molar-refractivity contribution < 1.29 is 4.79 Å². The molecular formula is C13H15N5OS. The highest BCUT2D eigenvalue weighted by Gasteiger charge is 2.14. The summed E-state index contributed by atoms with van der Waals surface area (Å²) in [5.74, 6) is -0.164. The van der Waals surface area contributed by atoms with Crippen LogP contribution in [0.2, 0.25) is 0 Å². The second-order valence-electron chi connectivity index (χ2n) is 4.48. The van der Waals surface area contributed by atoms with Crippen LogP contribution in [0.15, 0.2) is 30.7 Å². The van der Waals surface area contributed by atoms with Gasteiger partial charge in [0.25, 0.3) is 5.91 Å². The number of aryl methyl sites for hydroxylation is 1. The summed E-state index contributed by atoms with van der Waals surface area (Å²) in [6, 6.07) is 3.32. The standard InChI is InChI=1S/C13H15N5OS/c1-17(7-9-5-16-18(2)8-9)13(19)11-4-3-10(6-15-11)12(14)20/h3-6,8H,7H2,1-2H3,(H2,14,20). The van der Waals surface area contributed by atoms with Gasteiger partial charge < -0.3 is 10.6 Å². The zero-order valence-electron chi connectivity index (χ0n) is 11.3. The molecule has 0 radical (unpaired) electrons. The van der Waals surface area contributed by atoms with E-state index in [4.69, 9.17) is 18.0 Å². The minimum absolute atomic E-state index is 0.164. The Kier molecular flexibility index (Phi) is 4.09. The lowest BCUT2D eigenvalue weighted by Gasteiger charge is -2.15. The number of nitrogens with two attached hydrogens (primary N) is 1. The van der Waals surface area contributed by atoms with Crippen molar-refractivity contribution in [3.8, 4) is 0 Å².